The third-order valence-corrected chi connectivity index (χ3v) is 3.81. The van der Waals surface area contributed by atoms with Gasteiger partial charge in [-0.2, -0.15) is 5.10 Å². The second kappa shape index (κ2) is 6.78. The van der Waals surface area contributed by atoms with Crippen LogP contribution < -0.4 is 29.6 Å². The fraction of sp³-hybridized carbons (Fsp3) is 0.0667. The predicted octanol–water partition coefficient (Wildman–Crippen LogP) is 0.801. The Hall–Kier alpha value is -1.09. The van der Waals surface area contributed by atoms with E-state index in [1.54, 1.807) is 12.3 Å². The van der Waals surface area contributed by atoms with Gasteiger partial charge in [-0.1, -0.05) is 36.0 Å². The molecule has 2 heterocycles. The van der Waals surface area contributed by atoms with E-state index in [9.17, 15) is 0 Å². The van der Waals surface area contributed by atoms with E-state index in [0.29, 0.717) is 15.2 Å². The molecule has 0 aliphatic rings. The van der Waals surface area contributed by atoms with Crippen LogP contribution in [-0.2, 0) is 7.05 Å². The molecule has 0 atom stereocenters. The Bertz CT molecular complexity index is 924. The van der Waals surface area contributed by atoms with E-state index in [0.717, 1.165) is 16.6 Å². The van der Waals surface area contributed by atoms with Gasteiger partial charge in [0, 0.05) is 18.6 Å². The average Bonchev–Trinajstić information content (AvgIpc) is 2.78. The van der Waals surface area contributed by atoms with Crippen LogP contribution in [0.4, 0.5) is 0 Å². The largest absolute Gasteiger partial charge is 1.00 e. The summed E-state index contributed by atoms with van der Waals surface area (Å²) in [6.07, 6.45) is 1.73. The molecule has 3 rings (SSSR count). The monoisotopic (exact) mass is 323 g/mol. The summed E-state index contributed by atoms with van der Waals surface area (Å²) < 4.78 is 2.40. The summed E-state index contributed by atoms with van der Waals surface area (Å²) in [6, 6.07) is 9.70. The topological polar surface area (TPSA) is 33.6 Å². The number of hydrogen-bond donors (Lipinski definition) is 1. The number of hydrogen-bond acceptors (Lipinski definition) is 2. The van der Waals surface area contributed by atoms with Gasteiger partial charge in [0.25, 0.3) is 0 Å². The van der Waals surface area contributed by atoms with Crippen LogP contribution in [0.2, 0.25) is 5.02 Å². The van der Waals surface area contributed by atoms with E-state index in [2.05, 4.69) is 21.9 Å². The van der Waals surface area contributed by atoms with E-state index in [1.807, 2.05) is 36.0 Å². The molecule has 6 heteroatoms. The van der Waals surface area contributed by atoms with Gasteiger partial charge >= 0.3 is 29.6 Å². The van der Waals surface area contributed by atoms with Crippen LogP contribution in [0, 0.1) is 16.4 Å². The first-order valence-corrected chi connectivity index (χ1v) is 6.76. The van der Waals surface area contributed by atoms with Crippen molar-refractivity contribution in [1.82, 2.24) is 14.8 Å². The molecule has 0 amide bonds. The van der Waals surface area contributed by atoms with Crippen LogP contribution in [0.25, 0.3) is 10.9 Å². The minimum Gasteiger partial charge on any atom is -1.00 e. The summed E-state index contributed by atoms with van der Waals surface area (Å²) in [5, 5.41) is 5.91. The van der Waals surface area contributed by atoms with Gasteiger partial charge in [-0.3, -0.25) is 4.68 Å². The van der Waals surface area contributed by atoms with Crippen LogP contribution in [0.5, 0.6) is 0 Å². The van der Waals surface area contributed by atoms with Crippen molar-refractivity contribution in [3.63, 3.8) is 0 Å². The zero-order valence-electron chi connectivity index (χ0n) is 12.6. The van der Waals surface area contributed by atoms with Crippen LogP contribution >= 0.6 is 23.8 Å². The van der Waals surface area contributed by atoms with Crippen LogP contribution in [0.15, 0.2) is 36.5 Å². The number of H-pyrrole nitrogens is 1. The maximum absolute atomic E-state index is 6.12. The van der Waals surface area contributed by atoms with Gasteiger partial charge < -0.3 is 6.41 Å². The number of benzene rings is 1. The molecule has 0 aliphatic carbocycles. The number of pyridine rings is 1. The predicted molar refractivity (Wildman–Crippen MR) is 84.4 cm³/mol. The quantitative estimate of drug-likeness (QED) is 0.377. The van der Waals surface area contributed by atoms with E-state index < -0.39 is 0 Å². The standard InChI is InChI=1S/C15H10ClN3S.Na.H/c1-19-13-5-3-2-4-10(13)11(18-19)6-7-12-15(16)14(20)8-9-17-12;;/h2-5,8-9H,1H3,(H,17,20);;/q;+1;-1. The Balaban J connectivity index is 0.00000121. The third kappa shape index (κ3) is 3.23. The molecule has 0 radical (unpaired) electrons. The zero-order chi connectivity index (χ0) is 14.1. The number of rotatable bonds is 0. The van der Waals surface area contributed by atoms with Crippen LogP contribution in [0.1, 0.15) is 12.8 Å². The Kier molecular flexibility index (Phi) is 5.26. The summed E-state index contributed by atoms with van der Waals surface area (Å²) in [6.45, 7) is 0. The van der Waals surface area contributed by atoms with Crippen LogP contribution in [0.3, 0.4) is 0 Å². The summed E-state index contributed by atoms with van der Waals surface area (Å²) in [5.74, 6) is 6.04. The molecular formula is C15H11ClN3NaS. The van der Waals surface area contributed by atoms with E-state index in [1.165, 1.54) is 0 Å². The van der Waals surface area contributed by atoms with Crippen molar-refractivity contribution >= 4 is 34.7 Å². The molecular weight excluding hydrogens is 313 g/mol. The first-order chi connectivity index (χ1) is 9.66. The van der Waals surface area contributed by atoms with Crippen molar-refractivity contribution in [2.24, 2.45) is 7.05 Å². The SMILES string of the molecule is Cn1nc(C#Cc2[nH]ccc(=S)c2Cl)c2ccccc21.[H-].[Na+]. The maximum Gasteiger partial charge on any atom is 1.00 e. The Morgan fingerprint density at radius 2 is 2.05 bits per heavy atom. The minimum absolute atomic E-state index is 0. The molecule has 0 unspecified atom stereocenters. The average molecular weight is 324 g/mol. The van der Waals surface area contributed by atoms with Gasteiger partial charge in [0.2, 0.25) is 0 Å². The molecule has 0 saturated heterocycles. The summed E-state index contributed by atoms with van der Waals surface area (Å²) in [7, 11) is 1.90. The summed E-state index contributed by atoms with van der Waals surface area (Å²) in [4.78, 5) is 3.00. The molecule has 100 valence electrons. The van der Waals surface area contributed by atoms with Gasteiger partial charge in [-0.15, -0.1) is 0 Å². The van der Waals surface area contributed by atoms with Crippen molar-refractivity contribution in [2.45, 2.75) is 0 Å². The van der Waals surface area contributed by atoms with Crippen molar-refractivity contribution in [3.8, 4) is 11.8 Å². The minimum atomic E-state index is 0. The fourth-order valence-corrected chi connectivity index (χ4v) is 2.31. The number of nitrogens with zero attached hydrogens (tertiary/aromatic N) is 2. The molecule has 0 saturated carbocycles. The number of halogens is 1. The van der Waals surface area contributed by atoms with Gasteiger partial charge in [-0.25, -0.2) is 0 Å². The number of fused-ring (bicyclic) bond motifs is 1. The Morgan fingerprint density at radius 3 is 2.86 bits per heavy atom. The molecule has 1 N–H and O–H groups in total. The van der Waals surface area contributed by atoms with Crippen LogP contribution in [-0.4, -0.2) is 14.8 Å². The molecule has 0 aliphatic heterocycles. The Morgan fingerprint density at radius 1 is 1.29 bits per heavy atom. The molecule has 0 spiro atoms. The second-order valence-electron chi connectivity index (χ2n) is 4.27. The van der Waals surface area contributed by atoms with E-state index in [4.69, 9.17) is 23.8 Å². The number of aryl methyl sites for hydroxylation is 1. The fourth-order valence-electron chi connectivity index (χ4n) is 1.98. The third-order valence-electron chi connectivity index (χ3n) is 2.96. The van der Waals surface area contributed by atoms with E-state index in [-0.39, 0.29) is 31.0 Å². The summed E-state index contributed by atoms with van der Waals surface area (Å²) in [5.41, 5.74) is 2.38. The number of para-hydroxylation sites is 1. The number of aromatic amines is 1. The van der Waals surface area contributed by atoms with Crippen molar-refractivity contribution in [3.05, 3.63) is 57.4 Å². The van der Waals surface area contributed by atoms with Crippen molar-refractivity contribution in [2.75, 3.05) is 0 Å². The first kappa shape index (κ1) is 16.3. The van der Waals surface area contributed by atoms with E-state index >= 15 is 0 Å². The van der Waals surface area contributed by atoms with Gasteiger partial charge in [0.15, 0.2) is 0 Å². The normalized spacial score (nSPS) is 9.81. The first-order valence-electron chi connectivity index (χ1n) is 5.98. The van der Waals surface area contributed by atoms with Crippen molar-refractivity contribution < 1.29 is 31.0 Å². The molecule has 0 fully saturated rings. The molecule has 1 aromatic carbocycles. The van der Waals surface area contributed by atoms with Gasteiger partial charge in [0.1, 0.15) is 11.4 Å². The zero-order valence-corrected chi connectivity index (χ0v) is 15.2. The number of nitrogens with one attached hydrogen (secondary N) is 1. The van der Waals surface area contributed by atoms with Gasteiger partial charge in [0.05, 0.1) is 15.0 Å². The second-order valence-corrected chi connectivity index (χ2v) is 5.09. The Labute approximate surface area is 156 Å². The molecule has 2 aromatic heterocycles. The summed E-state index contributed by atoms with van der Waals surface area (Å²) >= 11 is 11.2. The van der Waals surface area contributed by atoms with Gasteiger partial charge in [-0.05, 0) is 30.0 Å². The molecule has 3 aromatic rings. The maximum atomic E-state index is 6.12. The molecule has 3 nitrogen and oxygen atoms in total. The molecule has 0 bridgehead atoms. The number of aromatic nitrogens is 3. The molecule has 21 heavy (non-hydrogen) atoms. The van der Waals surface area contributed by atoms with Crippen molar-refractivity contribution in [1.29, 1.82) is 0 Å². The smallest absolute Gasteiger partial charge is 1.00 e.